The molecule has 0 radical (unpaired) electrons. The molecule has 0 aliphatic rings. The molecule has 0 heterocycles. The van der Waals surface area contributed by atoms with Crippen molar-refractivity contribution in [1.82, 2.24) is 0 Å². The summed E-state index contributed by atoms with van der Waals surface area (Å²) in [5, 5.41) is 18.7. The third-order valence-corrected chi connectivity index (χ3v) is 1.77. The quantitative estimate of drug-likeness (QED) is 0.702. The topological polar surface area (TPSA) is 89.6 Å². The Kier molecular flexibility index (Phi) is 2.72. The van der Waals surface area contributed by atoms with Crippen LogP contribution < -0.4 is 11.0 Å². The number of carbonyl (C=O) groups excluding carboxylic acids is 1. The standard InChI is InChI=1S/C7H6ClN2O3/c8-6-2-1-4(10(12)13)3-5(6)7(9)11/h1-3,12H,(H2,9,11)/q-1. The van der Waals surface area contributed by atoms with Crippen LogP contribution in [-0.4, -0.2) is 11.1 Å². The zero-order valence-electron chi connectivity index (χ0n) is 6.40. The molecule has 3 N–H and O–H groups in total. The lowest BCUT2D eigenvalue weighted by Gasteiger charge is -2.21. The van der Waals surface area contributed by atoms with Crippen molar-refractivity contribution < 1.29 is 10.0 Å². The molecule has 1 rings (SSSR count). The van der Waals surface area contributed by atoms with Gasteiger partial charge >= 0.3 is 0 Å². The Balaban J connectivity index is 3.19. The van der Waals surface area contributed by atoms with Crippen LogP contribution in [0.5, 0.6) is 0 Å². The molecule has 1 amide bonds. The maximum absolute atomic E-state index is 10.7. The molecule has 6 heteroatoms. The van der Waals surface area contributed by atoms with Crippen molar-refractivity contribution in [2.75, 3.05) is 5.23 Å². The van der Waals surface area contributed by atoms with Crippen molar-refractivity contribution >= 4 is 23.2 Å². The van der Waals surface area contributed by atoms with Crippen LogP contribution in [0.3, 0.4) is 0 Å². The van der Waals surface area contributed by atoms with Crippen LogP contribution in [0, 0.1) is 5.21 Å². The monoisotopic (exact) mass is 201 g/mol. The fraction of sp³-hybridized carbons (Fsp3) is 0. The lowest BCUT2D eigenvalue weighted by molar-refractivity contribution is 0.100. The molecule has 0 saturated heterocycles. The van der Waals surface area contributed by atoms with E-state index < -0.39 is 5.91 Å². The van der Waals surface area contributed by atoms with Gasteiger partial charge in [0, 0.05) is 0 Å². The lowest BCUT2D eigenvalue weighted by atomic mass is 10.2. The molecule has 0 spiro atoms. The Hall–Kier alpha value is -1.30. The summed E-state index contributed by atoms with van der Waals surface area (Å²) in [4.78, 5) is 10.7. The van der Waals surface area contributed by atoms with Gasteiger partial charge in [-0.2, -0.15) is 0 Å². The van der Waals surface area contributed by atoms with E-state index in [1.54, 1.807) is 0 Å². The zero-order chi connectivity index (χ0) is 10.0. The molecule has 0 bridgehead atoms. The lowest BCUT2D eigenvalue weighted by Crippen LogP contribution is -2.13. The SMILES string of the molecule is NC(=O)c1cc(N([O-])O)ccc1Cl. The van der Waals surface area contributed by atoms with E-state index in [1.165, 1.54) is 12.1 Å². The maximum atomic E-state index is 10.7. The van der Waals surface area contributed by atoms with Gasteiger partial charge in [-0.3, -0.25) is 10.0 Å². The van der Waals surface area contributed by atoms with Gasteiger partial charge in [-0.1, -0.05) is 11.6 Å². The summed E-state index contributed by atoms with van der Waals surface area (Å²) in [6.07, 6.45) is 0. The molecular formula is C7H6ClN2O3-. The van der Waals surface area contributed by atoms with Gasteiger partial charge in [-0.25, -0.2) is 0 Å². The number of benzene rings is 1. The number of nitrogens with two attached hydrogens (primary N) is 1. The number of anilines is 1. The van der Waals surface area contributed by atoms with Crippen LogP contribution in [0.4, 0.5) is 5.69 Å². The van der Waals surface area contributed by atoms with Crippen LogP contribution >= 0.6 is 11.6 Å². The molecule has 0 aliphatic heterocycles. The summed E-state index contributed by atoms with van der Waals surface area (Å²) in [5.74, 6) is -0.756. The molecule has 13 heavy (non-hydrogen) atoms. The minimum atomic E-state index is -0.756. The number of rotatable bonds is 2. The Morgan fingerprint density at radius 2 is 2.23 bits per heavy atom. The fourth-order valence-electron chi connectivity index (χ4n) is 0.821. The van der Waals surface area contributed by atoms with Gasteiger partial charge in [0.2, 0.25) is 5.91 Å². The summed E-state index contributed by atoms with van der Waals surface area (Å²) < 4.78 is 0. The minimum Gasteiger partial charge on any atom is -0.733 e. The molecule has 1 aromatic rings. The van der Waals surface area contributed by atoms with E-state index in [9.17, 15) is 10.0 Å². The van der Waals surface area contributed by atoms with Crippen LogP contribution in [0.25, 0.3) is 0 Å². The first-order chi connectivity index (χ1) is 6.02. The van der Waals surface area contributed by atoms with E-state index in [1.807, 2.05) is 0 Å². The number of hydrogen-bond acceptors (Lipinski definition) is 4. The average molecular weight is 202 g/mol. The van der Waals surface area contributed by atoms with Crippen LogP contribution in [0.1, 0.15) is 10.4 Å². The molecule has 0 fully saturated rings. The van der Waals surface area contributed by atoms with Gasteiger partial charge in [0.15, 0.2) is 0 Å². The van der Waals surface area contributed by atoms with Gasteiger partial charge in [-0.15, -0.1) is 0 Å². The molecule has 1 aromatic carbocycles. The highest BCUT2D eigenvalue weighted by Gasteiger charge is 2.07. The van der Waals surface area contributed by atoms with Crippen molar-refractivity contribution in [3.63, 3.8) is 0 Å². The Morgan fingerprint density at radius 1 is 1.62 bits per heavy atom. The molecule has 5 nitrogen and oxygen atoms in total. The second kappa shape index (κ2) is 3.61. The van der Waals surface area contributed by atoms with Crippen molar-refractivity contribution in [2.45, 2.75) is 0 Å². The molecule has 0 aromatic heterocycles. The number of primary amides is 1. The van der Waals surface area contributed by atoms with E-state index in [-0.39, 0.29) is 21.5 Å². The third-order valence-electron chi connectivity index (χ3n) is 1.44. The van der Waals surface area contributed by atoms with Crippen molar-refractivity contribution in [3.05, 3.63) is 34.0 Å². The Bertz CT molecular complexity index is 341. The van der Waals surface area contributed by atoms with E-state index in [2.05, 4.69) is 0 Å². The maximum Gasteiger partial charge on any atom is 0.250 e. The smallest absolute Gasteiger partial charge is 0.250 e. The molecule has 0 atom stereocenters. The van der Waals surface area contributed by atoms with E-state index in [0.29, 0.717) is 0 Å². The largest absolute Gasteiger partial charge is 0.733 e. The molecule has 0 aliphatic carbocycles. The zero-order valence-corrected chi connectivity index (χ0v) is 7.15. The number of hydrogen-bond donors (Lipinski definition) is 2. The summed E-state index contributed by atoms with van der Waals surface area (Å²) in [6.45, 7) is 0. The normalized spacial score (nSPS) is 9.77. The van der Waals surface area contributed by atoms with E-state index >= 15 is 0 Å². The highest BCUT2D eigenvalue weighted by Crippen LogP contribution is 2.21. The molecule has 0 unspecified atom stereocenters. The third kappa shape index (κ3) is 2.09. The predicted molar refractivity (Wildman–Crippen MR) is 47.6 cm³/mol. The van der Waals surface area contributed by atoms with Crippen molar-refractivity contribution in [1.29, 1.82) is 0 Å². The first kappa shape index (κ1) is 9.79. The van der Waals surface area contributed by atoms with Crippen LogP contribution in [0.15, 0.2) is 18.2 Å². The fourth-order valence-corrected chi connectivity index (χ4v) is 1.03. The Labute approximate surface area is 78.9 Å². The summed E-state index contributed by atoms with van der Waals surface area (Å²) in [6, 6.07) is 3.68. The van der Waals surface area contributed by atoms with Gasteiger partial charge in [0.1, 0.15) is 0 Å². The number of carbonyl (C=O) groups is 1. The Morgan fingerprint density at radius 3 is 2.69 bits per heavy atom. The summed E-state index contributed by atoms with van der Waals surface area (Å²) >= 11 is 5.59. The minimum absolute atomic E-state index is 0.00549. The first-order valence-electron chi connectivity index (χ1n) is 3.28. The highest BCUT2D eigenvalue weighted by atomic mass is 35.5. The number of nitrogens with zero attached hydrogens (tertiary/aromatic N) is 1. The van der Waals surface area contributed by atoms with Gasteiger partial charge in [-0.05, 0) is 18.2 Å². The predicted octanol–water partition coefficient (Wildman–Crippen LogP) is 1.13. The van der Waals surface area contributed by atoms with Gasteiger partial charge in [0.05, 0.1) is 16.3 Å². The highest BCUT2D eigenvalue weighted by molar-refractivity contribution is 6.33. The molecular weight excluding hydrogens is 196 g/mol. The summed E-state index contributed by atoms with van der Waals surface area (Å²) in [7, 11) is 0. The van der Waals surface area contributed by atoms with Crippen molar-refractivity contribution in [3.8, 4) is 0 Å². The van der Waals surface area contributed by atoms with Gasteiger partial charge in [0.25, 0.3) is 0 Å². The van der Waals surface area contributed by atoms with E-state index in [0.717, 1.165) is 6.07 Å². The van der Waals surface area contributed by atoms with E-state index in [4.69, 9.17) is 22.5 Å². The number of amides is 1. The van der Waals surface area contributed by atoms with Gasteiger partial charge < -0.3 is 16.2 Å². The molecule has 70 valence electrons. The second-order valence-corrected chi connectivity index (χ2v) is 2.71. The average Bonchev–Trinajstić information content (AvgIpc) is 2.04. The second-order valence-electron chi connectivity index (χ2n) is 2.30. The summed E-state index contributed by atoms with van der Waals surface area (Å²) in [5.41, 5.74) is 4.85. The first-order valence-corrected chi connectivity index (χ1v) is 3.65. The number of halogens is 1. The van der Waals surface area contributed by atoms with Crippen molar-refractivity contribution in [2.24, 2.45) is 5.73 Å². The van der Waals surface area contributed by atoms with Crippen LogP contribution in [0.2, 0.25) is 5.02 Å². The van der Waals surface area contributed by atoms with Crippen LogP contribution in [-0.2, 0) is 0 Å². The molecule has 0 saturated carbocycles.